The molecular weight excluding hydrogens is 210 g/mol. The standard InChI is InChI=1S/C10H11N3OS/c1-7-12-10(15-13-7)14-9-5-3-8(11-2)4-6-9/h3-6,11H,1-2H3. The Balaban J connectivity index is 2.11. The molecule has 0 unspecified atom stereocenters. The van der Waals surface area contributed by atoms with Crippen molar-refractivity contribution in [3.8, 4) is 10.9 Å². The minimum absolute atomic E-state index is 0.574. The Kier molecular flexibility index (Phi) is 2.82. The molecule has 0 atom stereocenters. The molecule has 1 aromatic heterocycles. The maximum absolute atomic E-state index is 5.52. The van der Waals surface area contributed by atoms with Crippen LogP contribution in [0.2, 0.25) is 0 Å². The van der Waals surface area contributed by atoms with Gasteiger partial charge in [-0.05, 0) is 31.2 Å². The first kappa shape index (κ1) is 9.92. The Morgan fingerprint density at radius 1 is 1.27 bits per heavy atom. The van der Waals surface area contributed by atoms with Crippen LogP contribution in [0, 0.1) is 6.92 Å². The monoisotopic (exact) mass is 221 g/mol. The highest BCUT2D eigenvalue weighted by atomic mass is 32.1. The molecule has 0 fully saturated rings. The molecule has 0 amide bonds. The summed E-state index contributed by atoms with van der Waals surface area (Å²) in [6.45, 7) is 1.84. The lowest BCUT2D eigenvalue weighted by atomic mass is 10.3. The van der Waals surface area contributed by atoms with E-state index in [-0.39, 0.29) is 0 Å². The second-order valence-electron chi connectivity index (χ2n) is 2.98. The van der Waals surface area contributed by atoms with Crippen molar-refractivity contribution in [2.75, 3.05) is 12.4 Å². The molecule has 0 saturated carbocycles. The van der Waals surface area contributed by atoms with Crippen molar-refractivity contribution < 1.29 is 4.74 Å². The molecule has 0 bridgehead atoms. The van der Waals surface area contributed by atoms with Crippen LogP contribution in [-0.4, -0.2) is 16.4 Å². The van der Waals surface area contributed by atoms with E-state index < -0.39 is 0 Å². The first-order valence-corrected chi connectivity index (χ1v) is 5.31. The SMILES string of the molecule is CNc1ccc(Oc2nc(C)ns2)cc1. The summed E-state index contributed by atoms with van der Waals surface area (Å²) in [4.78, 5) is 4.12. The number of benzene rings is 1. The highest BCUT2D eigenvalue weighted by Crippen LogP contribution is 2.23. The number of aromatic nitrogens is 2. The summed E-state index contributed by atoms with van der Waals surface area (Å²) in [6.07, 6.45) is 0. The molecule has 0 spiro atoms. The van der Waals surface area contributed by atoms with E-state index >= 15 is 0 Å². The van der Waals surface area contributed by atoms with Crippen molar-refractivity contribution >= 4 is 17.2 Å². The van der Waals surface area contributed by atoms with E-state index in [0.717, 1.165) is 17.3 Å². The number of nitrogens with one attached hydrogen (secondary N) is 1. The molecule has 1 heterocycles. The van der Waals surface area contributed by atoms with Crippen molar-refractivity contribution in [3.05, 3.63) is 30.1 Å². The van der Waals surface area contributed by atoms with Gasteiger partial charge in [0, 0.05) is 24.3 Å². The number of nitrogens with zero attached hydrogens (tertiary/aromatic N) is 2. The lowest BCUT2D eigenvalue weighted by Crippen LogP contribution is -1.88. The highest BCUT2D eigenvalue weighted by molar-refractivity contribution is 7.07. The first-order chi connectivity index (χ1) is 7.28. The van der Waals surface area contributed by atoms with Crippen LogP contribution in [0.25, 0.3) is 0 Å². The number of hydrogen-bond acceptors (Lipinski definition) is 5. The van der Waals surface area contributed by atoms with E-state index in [1.165, 1.54) is 11.5 Å². The molecular formula is C10H11N3OS. The number of rotatable bonds is 3. The van der Waals surface area contributed by atoms with Gasteiger partial charge in [0.1, 0.15) is 11.6 Å². The van der Waals surface area contributed by atoms with Crippen LogP contribution < -0.4 is 10.1 Å². The van der Waals surface area contributed by atoms with E-state index in [9.17, 15) is 0 Å². The van der Waals surface area contributed by atoms with Gasteiger partial charge >= 0.3 is 0 Å². The maximum Gasteiger partial charge on any atom is 0.298 e. The summed E-state index contributed by atoms with van der Waals surface area (Å²) >= 11 is 1.26. The smallest absolute Gasteiger partial charge is 0.298 e. The fourth-order valence-corrected chi connectivity index (χ4v) is 1.67. The Bertz CT molecular complexity index is 438. The zero-order chi connectivity index (χ0) is 10.7. The minimum atomic E-state index is 0.574. The average Bonchev–Trinajstić information content (AvgIpc) is 2.65. The molecule has 5 heteroatoms. The lowest BCUT2D eigenvalue weighted by molar-refractivity contribution is 0.478. The van der Waals surface area contributed by atoms with E-state index in [4.69, 9.17) is 4.74 Å². The van der Waals surface area contributed by atoms with Gasteiger partial charge in [-0.3, -0.25) is 0 Å². The summed E-state index contributed by atoms with van der Waals surface area (Å²) in [5.41, 5.74) is 1.05. The molecule has 0 radical (unpaired) electrons. The van der Waals surface area contributed by atoms with Crippen LogP contribution in [0.5, 0.6) is 10.9 Å². The summed E-state index contributed by atoms with van der Waals surface area (Å²) in [6, 6.07) is 7.68. The normalized spacial score (nSPS) is 10.0. The summed E-state index contributed by atoms with van der Waals surface area (Å²) < 4.78 is 9.56. The largest absolute Gasteiger partial charge is 0.430 e. The average molecular weight is 221 g/mol. The second kappa shape index (κ2) is 4.27. The molecule has 4 nitrogen and oxygen atoms in total. The second-order valence-corrected chi connectivity index (χ2v) is 3.70. The van der Waals surface area contributed by atoms with Crippen LogP contribution in [0.1, 0.15) is 5.82 Å². The summed E-state index contributed by atoms with van der Waals surface area (Å²) in [5, 5.41) is 3.62. The molecule has 2 rings (SSSR count). The van der Waals surface area contributed by atoms with Crippen molar-refractivity contribution in [1.82, 2.24) is 9.36 Å². The molecule has 0 aliphatic heterocycles. The van der Waals surface area contributed by atoms with E-state index in [1.54, 1.807) is 0 Å². The quantitative estimate of drug-likeness (QED) is 0.865. The van der Waals surface area contributed by atoms with Crippen LogP contribution in [-0.2, 0) is 0 Å². The molecule has 0 aliphatic rings. The molecule has 78 valence electrons. The number of aryl methyl sites for hydroxylation is 1. The van der Waals surface area contributed by atoms with Gasteiger partial charge in [0.15, 0.2) is 0 Å². The van der Waals surface area contributed by atoms with Gasteiger partial charge < -0.3 is 10.1 Å². The van der Waals surface area contributed by atoms with Gasteiger partial charge in [-0.15, -0.1) is 0 Å². The zero-order valence-corrected chi connectivity index (χ0v) is 9.34. The van der Waals surface area contributed by atoms with Crippen molar-refractivity contribution in [2.45, 2.75) is 6.92 Å². The summed E-state index contributed by atoms with van der Waals surface area (Å²) in [7, 11) is 1.88. The van der Waals surface area contributed by atoms with Crippen molar-refractivity contribution in [2.24, 2.45) is 0 Å². The fourth-order valence-electron chi connectivity index (χ4n) is 1.11. The summed E-state index contributed by atoms with van der Waals surface area (Å²) in [5.74, 6) is 1.51. The van der Waals surface area contributed by atoms with Crippen LogP contribution in [0.3, 0.4) is 0 Å². The number of anilines is 1. The molecule has 1 N–H and O–H groups in total. The van der Waals surface area contributed by atoms with Crippen molar-refractivity contribution in [3.63, 3.8) is 0 Å². The third-order valence-electron chi connectivity index (χ3n) is 1.86. The van der Waals surface area contributed by atoms with E-state index in [1.807, 2.05) is 38.2 Å². The van der Waals surface area contributed by atoms with E-state index in [0.29, 0.717) is 5.19 Å². The number of hydrogen-bond donors (Lipinski definition) is 1. The Hall–Kier alpha value is -1.62. The third-order valence-corrected chi connectivity index (χ3v) is 2.54. The minimum Gasteiger partial charge on any atom is -0.430 e. The van der Waals surface area contributed by atoms with Crippen LogP contribution >= 0.6 is 11.5 Å². The van der Waals surface area contributed by atoms with Crippen LogP contribution in [0.15, 0.2) is 24.3 Å². The van der Waals surface area contributed by atoms with Gasteiger partial charge in [-0.25, -0.2) is 0 Å². The van der Waals surface area contributed by atoms with Crippen molar-refractivity contribution in [1.29, 1.82) is 0 Å². The Labute approximate surface area is 92.1 Å². The van der Waals surface area contributed by atoms with Gasteiger partial charge in [-0.2, -0.15) is 9.36 Å². The Morgan fingerprint density at radius 3 is 2.53 bits per heavy atom. The predicted octanol–water partition coefficient (Wildman–Crippen LogP) is 2.68. The molecule has 15 heavy (non-hydrogen) atoms. The van der Waals surface area contributed by atoms with Gasteiger partial charge in [0.05, 0.1) is 0 Å². The maximum atomic E-state index is 5.52. The van der Waals surface area contributed by atoms with Gasteiger partial charge in [0.25, 0.3) is 5.19 Å². The zero-order valence-electron chi connectivity index (χ0n) is 8.52. The lowest BCUT2D eigenvalue weighted by Gasteiger charge is -2.02. The molecule has 1 aromatic carbocycles. The Morgan fingerprint density at radius 2 is 2.00 bits per heavy atom. The first-order valence-electron chi connectivity index (χ1n) is 4.54. The van der Waals surface area contributed by atoms with Gasteiger partial charge in [0.2, 0.25) is 0 Å². The van der Waals surface area contributed by atoms with Gasteiger partial charge in [-0.1, -0.05) is 0 Å². The molecule has 2 aromatic rings. The molecule has 0 aliphatic carbocycles. The van der Waals surface area contributed by atoms with E-state index in [2.05, 4.69) is 14.7 Å². The highest BCUT2D eigenvalue weighted by Gasteiger charge is 2.02. The van der Waals surface area contributed by atoms with Crippen LogP contribution in [0.4, 0.5) is 5.69 Å². The third kappa shape index (κ3) is 2.44. The number of ether oxygens (including phenoxy) is 1. The predicted molar refractivity (Wildman–Crippen MR) is 60.7 cm³/mol. The fraction of sp³-hybridized carbons (Fsp3) is 0.200. The topological polar surface area (TPSA) is 47.0 Å². The molecule has 0 saturated heterocycles.